The summed E-state index contributed by atoms with van der Waals surface area (Å²) in [6, 6.07) is 4.37. The third kappa shape index (κ3) is 2.35. The van der Waals surface area contributed by atoms with Crippen LogP contribution in [-0.2, 0) is 0 Å². The van der Waals surface area contributed by atoms with Crippen molar-refractivity contribution in [1.29, 1.82) is 0 Å². The SMILES string of the molecule is Cc1ccc(-c2nc(C3CCC(N)CC3)cs2)o1. The summed E-state index contributed by atoms with van der Waals surface area (Å²) in [7, 11) is 0. The summed E-state index contributed by atoms with van der Waals surface area (Å²) in [5.74, 6) is 2.41. The fraction of sp³-hybridized carbons (Fsp3) is 0.500. The first-order chi connectivity index (χ1) is 8.72. The zero-order chi connectivity index (χ0) is 12.5. The molecule has 0 aliphatic heterocycles. The molecule has 4 heteroatoms. The molecule has 3 nitrogen and oxygen atoms in total. The van der Waals surface area contributed by atoms with Crippen molar-refractivity contribution in [3.8, 4) is 10.8 Å². The number of nitrogens with two attached hydrogens (primary N) is 1. The maximum atomic E-state index is 5.94. The van der Waals surface area contributed by atoms with Gasteiger partial charge in [0.15, 0.2) is 10.8 Å². The molecule has 1 fully saturated rings. The van der Waals surface area contributed by atoms with Gasteiger partial charge in [-0.05, 0) is 44.7 Å². The average molecular weight is 262 g/mol. The highest BCUT2D eigenvalue weighted by molar-refractivity contribution is 7.13. The van der Waals surface area contributed by atoms with Crippen molar-refractivity contribution in [3.05, 3.63) is 29.0 Å². The van der Waals surface area contributed by atoms with E-state index in [1.807, 2.05) is 19.1 Å². The first-order valence-corrected chi connectivity index (χ1v) is 7.38. The van der Waals surface area contributed by atoms with Gasteiger partial charge in [0.25, 0.3) is 0 Å². The first kappa shape index (κ1) is 11.9. The van der Waals surface area contributed by atoms with Gasteiger partial charge >= 0.3 is 0 Å². The lowest BCUT2D eigenvalue weighted by Crippen LogP contribution is -2.25. The lowest BCUT2D eigenvalue weighted by molar-refractivity contribution is 0.391. The Kier molecular flexibility index (Phi) is 3.22. The molecule has 0 aromatic carbocycles. The molecular formula is C14H18N2OS. The molecule has 3 rings (SSSR count). The van der Waals surface area contributed by atoms with E-state index in [0.717, 1.165) is 29.4 Å². The number of aromatic nitrogens is 1. The third-order valence-corrected chi connectivity index (χ3v) is 4.54. The fourth-order valence-corrected chi connectivity index (χ4v) is 3.41. The van der Waals surface area contributed by atoms with Crippen molar-refractivity contribution in [2.75, 3.05) is 0 Å². The summed E-state index contributed by atoms with van der Waals surface area (Å²) in [6.45, 7) is 1.96. The predicted octanol–water partition coefficient (Wildman–Crippen LogP) is 3.70. The van der Waals surface area contributed by atoms with Crippen LogP contribution in [0.5, 0.6) is 0 Å². The standard InChI is InChI=1S/C14H18N2OS/c1-9-2-7-13(17-9)14-16-12(8-18-14)10-3-5-11(15)6-4-10/h2,7-8,10-11H,3-6,15H2,1H3. The van der Waals surface area contributed by atoms with Crippen LogP contribution in [0.3, 0.4) is 0 Å². The monoisotopic (exact) mass is 262 g/mol. The van der Waals surface area contributed by atoms with E-state index in [1.54, 1.807) is 11.3 Å². The van der Waals surface area contributed by atoms with E-state index in [1.165, 1.54) is 18.5 Å². The lowest BCUT2D eigenvalue weighted by atomic mass is 9.85. The molecule has 2 N–H and O–H groups in total. The van der Waals surface area contributed by atoms with Gasteiger partial charge in [-0.15, -0.1) is 11.3 Å². The van der Waals surface area contributed by atoms with E-state index in [4.69, 9.17) is 15.1 Å². The molecule has 1 saturated carbocycles. The molecule has 0 bridgehead atoms. The maximum absolute atomic E-state index is 5.94. The number of rotatable bonds is 2. The fourth-order valence-electron chi connectivity index (χ4n) is 2.55. The molecule has 1 aliphatic rings. The number of furan rings is 1. The minimum Gasteiger partial charge on any atom is -0.459 e. The van der Waals surface area contributed by atoms with Crippen LogP contribution >= 0.6 is 11.3 Å². The van der Waals surface area contributed by atoms with Gasteiger partial charge in [-0.1, -0.05) is 0 Å². The van der Waals surface area contributed by atoms with Crippen LogP contribution in [0.2, 0.25) is 0 Å². The second-order valence-corrected chi connectivity index (χ2v) is 5.96. The van der Waals surface area contributed by atoms with Crippen molar-refractivity contribution in [2.45, 2.75) is 44.6 Å². The van der Waals surface area contributed by atoms with Crippen LogP contribution in [0.4, 0.5) is 0 Å². The van der Waals surface area contributed by atoms with Crippen LogP contribution in [-0.4, -0.2) is 11.0 Å². The lowest BCUT2D eigenvalue weighted by Gasteiger charge is -2.24. The largest absolute Gasteiger partial charge is 0.459 e. The molecule has 2 aromatic heterocycles. The van der Waals surface area contributed by atoms with Gasteiger partial charge in [-0.25, -0.2) is 4.98 Å². The van der Waals surface area contributed by atoms with Crippen LogP contribution < -0.4 is 5.73 Å². The molecular weight excluding hydrogens is 244 g/mol. The molecule has 0 atom stereocenters. The van der Waals surface area contributed by atoms with Crippen LogP contribution in [0, 0.1) is 6.92 Å². The van der Waals surface area contributed by atoms with Gasteiger partial charge < -0.3 is 10.2 Å². The summed E-state index contributed by atoms with van der Waals surface area (Å²) in [6.07, 6.45) is 4.58. The number of hydrogen-bond donors (Lipinski definition) is 1. The number of nitrogens with zero attached hydrogens (tertiary/aromatic N) is 1. The van der Waals surface area contributed by atoms with Gasteiger partial charge in [0.05, 0.1) is 5.69 Å². The van der Waals surface area contributed by atoms with Crippen molar-refractivity contribution >= 4 is 11.3 Å². The highest BCUT2D eigenvalue weighted by Crippen LogP contribution is 2.35. The van der Waals surface area contributed by atoms with Crippen LogP contribution in [0.25, 0.3) is 10.8 Å². The van der Waals surface area contributed by atoms with Crippen molar-refractivity contribution < 1.29 is 4.42 Å². The highest BCUT2D eigenvalue weighted by Gasteiger charge is 2.22. The molecule has 1 aliphatic carbocycles. The van der Waals surface area contributed by atoms with Gasteiger partial charge in [-0.3, -0.25) is 0 Å². The number of hydrogen-bond acceptors (Lipinski definition) is 4. The minimum absolute atomic E-state index is 0.395. The Morgan fingerprint density at radius 1 is 1.28 bits per heavy atom. The summed E-state index contributed by atoms with van der Waals surface area (Å²) in [4.78, 5) is 4.73. The second kappa shape index (κ2) is 4.86. The van der Waals surface area contributed by atoms with Crippen molar-refractivity contribution in [1.82, 2.24) is 4.98 Å². The molecule has 2 heterocycles. The van der Waals surface area contributed by atoms with E-state index in [9.17, 15) is 0 Å². The smallest absolute Gasteiger partial charge is 0.162 e. The second-order valence-electron chi connectivity index (χ2n) is 5.10. The van der Waals surface area contributed by atoms with Gasteiger partial charge in [0.1, 0.15) is 5.76 Å². The Balaban J connectivity index is 1.77. The maximum Gasteiger partial charge on any atom is 0.162 e. The summed E-state index contributed by atoms with van der Waals surface area (Å²) in [5, 5.41) is 3.17. The Morgan fingerprint density at radius 3 is 2.72 bits per heavy atom. The quantitative estimate of drug-likeness (QED) is 0.898. The Hall–Kier alpha value is -1.13. The van der Waals surface area contributed by atoms with Crippen LogP contribution in [0.1, 0.15) is 43.1 Å². The summed E-state index contributed by atoms with van der Waals surface area (Å²) >= 11 is 1.67. The normalized spacial score (nSPS) is 24.3. The van der Waals surface area contributed by atoms with E-state index in [0.29, 0.717) is 12.0 Å². The third-order valence-electron chi connectivity index (χ3n) is 3.66. The number of aryl methyl sites for hydroxylation is 1. The molecule has 0 unspecified atom stereocenters. The predicted molar refractivity (Wildman–Crippen MR) is 73.7 cm³/mol. The van der Waals surface area contributed by atoms with E-state index >= 15 is 0 Å². The molecule has 0 amide bonds. The average Bonchev–Trinajstić information content (AvgIpc) is 2.98. The van der Waals surface area contributed by atoms with Crippen LogP contribution in [0.15, 0.2) is 21.9 Å². The first-order valence-electron chi connectivity index (χ1n) is 6.50. The van der Waals surface area contributed by atoms with Gasteiger partial charge in [0.2, 0.25) is 0 Å². The van der Waals surface area contributed by atoms with Gasteiger partial charge in [-0.2, -0.15) is 0 Å². The Labute approximate surface area is 111 Å². The zero-order valence-corrected chi connectivity index (χ0v) is 11.4. The topological polar surface area (TPSA) is 52.0 Å². The zero-order valence-electron chi connectivity index (χ0n) is 10.6. The molecule has 0 spiro atoms. The minimum atomic E-state index is 0.395. The highest BCUT2D eigenvalue weighted by atomic mass is 32.1. The molecule has 0 saturated heterocycles. The Morgan fingerprint density at radius 2 is 2.06 bits per heavy atom. The van der Waals surface area contributed by atoms with Gasteiger partial charge in [0, 0.05) is 17.3 Å². The van der Waals surface area contributed by atoms with E-state index in [-0.39, 0.29) is 0 Å². The van der Waals surface area contributed by atoms with E-state index in [2.05, 4.69) is 5.38 Å². The van der Waals surface area contributed by atoms with Crippen molar-refractivity contribution in [2.24, 2.45) is 5.73 Å². The molecule has 18 heavy (non-hydrogen) atoms. The van der Waals surface area contributed by atoms with Crippen molar-refractivity contribution in [3.63, 3.8) is 0 Å². The molecule has 2 aromatic rings. The summed E-state index contributed by atoms with van der Waals surface area (Å²) < 4.78 is 5.62. The Bertz CT molecular complexity index is 523. The molecule has 96 valence electrons. The number of thiazole rings is 1. The summed E-state index contributed by atoms with van der Waals surface area (Å²) in [5.41, 5.74) is 7.16. The molecule has 0 radical (unpaired) electrons. The van der Waals surface area contributed by atoms with E-state index < -0.39 is 0 Å².